The summed E-state index contributed by atoms with van der Waals surface area (Å²) < 4.78 is 44.0. The number of amides is 8. The highest BCUT2D eigenvalue weighted by Gasteiger charge is 2.51. The molecule has 8 amide bonds. The van der Waals surface area contributed by atoms with Crippen LogP contribution < -0.4 is 67.2 Å². The van der Waals surface area contributed by atoms with E-state index in [1.165, 1.54) is 48.5 Å². The Morgan fingerprint density at radius 2 is 1.11 bits per heavy atom. The van der Waals surface area contributed by atoms with Crippen LogP contribution in [-0.2, 0) is 59.0 Å². The SMILES string of the molecule is CCCCN(CCCC)CCCNC(=O)[C@H]1NC(=O)[C@H]2NC(=O)[C@H](NC(=O)[C@@H]3NC(=O)[C@H]4NC(=O)[C@@H](Cc5ccc(c(Cl)c5)Oc5cc3cc(c5O)Oc3ccc(cc3Cl)[C@H]2O[C@@H]2O[C@@H](CO)[C@@H](O)[C@H](O)[C@@H]2NC(C)=O)NC(=O)[C@H](N)c2ccc(O)c(c2)Oc2cc(O)cc4c2)c2ccc(O)c(c2)-c2c(O[C@H]3O[C@H](CO)[C@@H](O)[C@@H](O)[C@@H]3O)cc(O)cc21. The summed E-state index contributed by atoms with van der Waals surface area (Å²) in [5.41, 5.74) is 3.97. The van der Waals surface area contributed by atoms with Crippen LogP contribution in [-0.4, -0.2) is 226 Å². The molecule has 17 bridgehead atoms. The van der Waals surface area contributed by atoms with Crippen LogP contribution in [0.2, 0.25) is 10.0 Å². The summed E-state index contributed by atoms with van der Waals surface area (Å²) in [7, 11) is 0. The molecule has 0 aliphatic carbocycles. The number of rotatable bonds is 18. The first-order valence-electron chi connectivity index (χ1n) is 39.3. The zero-order chi connectivity index (χ0) is 87.4. The van der Waals surface area contributed by atoms with Gasteiger partial charge in [-0.05, 0) is 157 Å². The Bertz CT molecular complexity index is 5140. The van der Waals surface area contributed by atoms with Crippen molar-refractivity contribution in [1.29, 1.82) is 0 Å². The van der Waals surface area contributed by atoms with E-state index in [-0.39, 0.29) is 56.8 Å². The number of nitrogens with two attached hydrogens (primary N) is 1. The van der Waals surface area contributed by atoms with Crippen LogP contribution in [0.3, 0.4) is 0 Å². The van der Waals surface area contributed by atoms with Crippen LogP contribution in [0.5, 0.6) is 69.0 Å². The van der Waals surface area contributed by atoms with Crippen molar-refractivity contribution in [2.45, 2.75) is 169 Å². The predicted octanol–water partition coefficient (Wildman–Crippen LogP) is 2.75. The van der Waals surface area contributed by atoms with Crippen LogP contribution in [0.15, 0.2) is 115 Å². The minimum Gasteiger partial charge on any atom is -0.508 e. The summed E-state index contributed by atoms with van der Waals surface area (Å²) in [6, 6.07) is 5.16. The van der Waals surface area contributed by atoms with Gasteiger partial charge in [0.05, 0.1) is 23.3 Å². The number of carbonyl (C=O) groups excluding carboxylic acids is 8. The van der Waals surface area contributed by atoms with Gasteiger partial charge in [-0.25, -0.2) is 0 Å². The van der Waals surface area contributed by atoms with E-state index in [9.17, 15) is 70.9 Å². The summed E-state index contributed by atoms with van der Waals surface area (Å²) in [5, 5.41) is 158. The van der Waals surface area contributed by atoms with Crippen molar-refractivity contribution < 1.29 is 133 Å². The Hall–Kier alpha value is -11.4. The zero-order valence-electron chi connectivity index (χ0n) is 65.6. The topological polar surface area (TPSA) is 569 Å². The molecule has 18 atom stereocenters. The molecule has 0 radical (unpaired) electrons. The molecular weight excluding hydrogens is 1640 g/mol. The van der Waals surface area contributed by atoms with E-state index in [4.69, 9.17) is 62.1 Å². The second-order valence-electron chi connectivity index (χ2n) is 30.3. The molecule has 37 nitrogen and oxygen atoms in total. The summed E-state index contributed by atoms with van der Waals surface area (Å²) in [6.45, 7) is 4.90. The average Bonchev–Trinajstić information content (AvgIpc) is 0.813. The zero-order valence-corrected chi connectivity index (χ0v) is 67.1. The number of phenolic OH excluding ortho intramolecular Hbond substituents is 5. The summed E-state index contributed by atoms with van der Waals surface area (Å²) in [6.07, 6.45) is -16.7. The summed E-state index contributed by atoms with van der Waals surface area (Å²) >= 11 is 14.3. The molecule has 8 aliphatic rings. The Kier molecular flexibility index (Phi) is 27.5. The standard InChI is InChI=1S/C83H92Cl2N10O27/c1-4-6-18-95(19-7-5-2)20-8-17-87-77(111)65-46-31-43(100)32-55(119-83-73(108)72(107)70(105)59(34-97)121-83)60(46)45-25-38(11-13-50(45)101)62-78(112)94-67(81(115)93-65)74(122-82-66(88-35(3)98)71(106)69(104)58(33-96)120-82)39-12-16-53(48(85)26-39)118-57-29-41-28-56(68(57)103)117-52-15-9-36(21-47(52)84)22-49-75(109)90-63(79(113)92-64(41)80(114)91-62)40-23-42(99)30-44(24-40)116-54-27-37(10-14-51(54)102)61(86)76(110)89-49/h9-16,21,23-32,49,58-59,61-67,69-74,82-83,96-97,99-108H,4-8,17-20,22,33-34,86H2,1-3H3,(H,87,111)(H,88,98)(H,89,110)(H,90,109)(H,91,114)(H,92,113)(H,93,115)(H,94,112)/t49-,58+,59-,61-,62-,63+,64-,65+,66+,67+,69-,70-,71-,72-,73+,74-,82+,83+/m1/s1. The van der Waals surface area contributed by atoms with Gasteiger partial charge in [0.25, 0.3) is 0 Å². The lowest BCUT2D eigenvalue weighted by molar-refractivity contribution is -0.284. The first-order chi connectivity index (χ1) is 58.3. The molecule has 650 valence electrons. The number of phenols is 5. The van der Waals surface area contributed by atoms with Gasteiger partial charge in [0.1, 0.15) is 137 Å². The molecule has 2 fully saturated rings. The molecule has 0 unspecified atom stereocenters. The summed E-state index contributed by atoms with van der Waals surface area (Å²) in [5.74, 6) is -16.3. The maximum atomic E-state index is 16.6. The van der Waals surface area contributed by atoms with Gasteiger partial charge in [-0.2, -0.15) is 0 Å². The number of hydrogen-bond acceptors (Lipinski definition) is 29. The largest absolute Gasteiger partial charge is 0.508 e. The third kappa shape index (κ3) is 19.2. The third-order valence-corrected chi connectivity index (χ3v) is 22.2. The number of hydrogen-bond donors (Lipinski definition) is 21. The lowest BCUT2D eigenvalue weighted by atomic mass is 9.89. The van der Waals surface area contributed by atoms with Crippen LogP contribution in [0.1, 0.15) is 128 Å². The van der Waals surface area contributed by atoms with Gasteiger partial charge in [-0.15, -0.1) is 0 Å². The van der Waals surface area contributed by atoms with Gasteiger partial charge >= 0.3 is 0 Å². The summed E-state index contributed by atoms with van der Waals surface area (Å²) in [4.78, 5) is 127. The number of fused-ring (bicyclic) bond motifs is 14. The minimum absolute atomic E-state index is 0.0759. The Morgan fingerprint density at radius 1 is 0.541 bits per heavy atom. The van der Waals surface area contributed by atoms with Gasteiger partial charge in [-0.3, -0.25) is 38.4 Å². The highest BCUT2D eigenvalue weighted by atomic mass is 35.5. The molecule has 0 aromatic heterocycles. The molecular formula is C83H92Cl2N10O27. The van der Waals surface area contributed by atoms with Crippen molar-refractivity contribution in [3.05, 3.63) is 164 Å². The van der Waals surface area contributed by atoms with Gasteiger partial charge in [0, 0.05) is 43.1 Å². The molecule has 0 spiro atoms. The molecule has 122 heavy (non-hydrogen) atoms. The Morgan fingerprint density at radius 3 is 1.76 bits per heavy atom. The van der Waals surface area contributed by atoms with Gasteiger partial charge < -0.3 is 148 Å². The highest BCUT2D eigenvalue weighted by Crippen LogP contribution is 2.50. The molecule has 7 aromatic rings. The van der Waals surface area contributed by atoms with E-state index in [0.29, 0.717) is 13.0 Å². The van der Waals surface area contributed by atoms with Crippen LogP contribution >= 0.6 is 23.2 Å². The first-order valence-corrected chi connectivity index (χ1v) is 40.0. The Balaban J connectivity index is 1.05. The van der Waals surface area contributed by atoms with E-state index in [0.717, 1.165) is 112 Å². The van der Waals surface area contributed by atoms with Crippen LogP contribution in [0, 0.1) is 0 Å². The Labute approximate surface area is 705 Å². The fourth-order valence-corrected chi connectivity index (χ4v) is 15.7. The maximum absolute atomic E-state index is 16.6. The molecule has 8 aliphatic heterocycles. The lowest BCUT2D eigenvalue weighted by Gasteiger charge is -2.44. The van der Waals surface area contributed by atoms with E-state index < -0.39 is 255 Å². The van der Waals surface area contributed by atoms with Gasteiger partial charge in [0.15, 0.2) is 29.3 Å². The number of nitrogens with zero attached hydrogens (tertiary/aromatic N) is 1. The number of carbonyl (C=O) groups is 8. The van der Waals surface area contributed by atoms with Crippen LogP contribution in [0.4, 0.5) is 0 Å². The van der Waals surface area contributed by atoms with Crippen LogP contribution in [0.25, 0.3) is 11.1 Å². The predicted molar refractivity (Wildman–Crippen MR) is 428 cm³/mol. The molecule has 7 aromatic carbocycles. The monoisotopic (exact) mass is 1730 g/mol. The molecule has 15 rings (SSSR count). The normalized spacial score (nSPS) is 26.5. The number of aliphatic hydroxyl groups is 7. The number of halogens is 2. The number of aromatic hydroxyl groups is 5. The number of benzene rings is 7. The van der Waals surface area contributed by atoms with Gasteiger partial charge in [-0.1, -0.05) is 74.2 Å². The lowest BCUT2D eigenvalue weighted by Crippen LogP contribution is -2.65. The fraction of sp³-hybridized carbons (Fsp3) is 0.398. The quantitative estimate of drug-likeness (QED) is 0.0549. The van der Waals surface area contributed by atoms with Crippen molar-refractivity contribution in [3.8, 4) is 80.1 Å². The van der Waals surface area contributed by atoms with E-state index in [1.807, 2.05) is 13.8 Å². The van der Waals surface area contributed by atoms with Crippen molar-refractivity contribution in [2.24, 2.45) is 5.73 Å². The first kappa shape index (κ1) is 88.4. The number of nitrogens with one attached hydrogen (secondary N) is 8. The smallest absolute Gasteiger partial charge is 0.248 e. The van der Waals surface area contributed by atoms with Gasteiger partial charge in [0.2, 0.25) is 59.3 Å². The number of aliphatic hydroxyl groups excluding tert-OH is 7. The maximum Gasteiger partial charge on any atom is 0.248 e. The molecule has 0 saturated carbocycles. The molecule has 8 heterocycles. The number of ether oxygens (including phenoxy) is 7. The van der Waals surface area contributed by atoms with Crippen molar-refractivity contribution in [3.63, 3.8) is 0 Å². The molecule has 2 saturated heterocycles. The number of unbranched alkanes of at least 4 members (excludes halogenated alkanes) is 2. The molecule has 39 heteroatoms. The third-order valence-electron chi connectivity index (χ3n) is 21.6. The van der Waals surface area contributed by atoms with Crippen molar-refractivity contribution in [2.75, 3.05) is 39.4 Å². The second-order valence-corrected chi connectivity index (χ2v) is 31.1. The minimum atomic E-state index is -2.43. The van der Waals surface area contributed by atoms with E-state index in [2.05, 4.69) is 47.4 Å². The highest BCUT2D eigenvalue weighted by molar-refractivity contribution is 6.32. The second kappa shape index (κ2) is 37.9. The molecule has 22 N–H and O–H groups in total. The van der Waals surface area contributed by atoms with E-state index in [1.54, 1.807) is 0 Å². The average molecular weight is 1730 g/mol. The fourth-order valence-electron chi connectivity index (χ4n) is 15.2. The van der Waals surface area contributed by atoms with Crippen molar-refractivity contribution >= 4 is 70.5 Å². The van der Waals surface area contributed by atoms with E-state index >= 15 is 28.8 Å². The van der Waals surface area contributed by atoms with Crippen molar-refractivity contribution in [1.82, 2.24) is 47.4 Å².